The highest BCUT2D eigenvalue weighted by molar-refractivity contribution is 4.89. The number of rotatable bonds is 5. The first-order chi connectivity index (χ1) is 11.3. The Morgan fingerprint density at radius 2 is 1.48 bits per heavy atom. The van der Waals surface area contributed by atoms with E-state index in [0.717, 1.165) is 24.7 Å². The first-order valence-corrected chi connectivity index (χ1v) is 10.5. The maximum absolute atomic E-state index is 14.9. The van der Waals surface area contributed by atoms with Gasteiger partial charge in [0, 0.05) is 0 Å². The van der Waals surface area contributed by atoms with Crippen molar-refractivity contribution in [1.82, 2.24) is 0 Å². The van der Waals surface area contributed by atoms with Gasteiger partial charge in [0.15, 0.2) is 0 Å². The van der Waals surface area contributed by atoms with Crippen LogP contribution in [-0.2, 0) is 0 Å². The summed E-state index contributed by atoms with van der Waals surface area (Å²) in [4.78, 5) is 0. The van der Waals surface area contributed by atoms with Crippen LogP contribution in [0, 0.1) is 29.6 Å². The van der Waals surface area contributed by atoms with Crippen molar-refractivity contribution in [1.29, 1.82) is 0 Å². The molecule has 0 aliphatic heterocycles. The number of hydrogen-bond donors (Lipinski definition) is 0. The maximum Gasteiger partial charge on any atom is 0.103 e. The average Bonchev–Trinajstić information content (AvgIpc) is 2.61. The van der Waals surface area contributed by atoms with Crippen molar-refractivity contribution in [2.75, 3.05) is 0 Å². The summed E-state index contributed by atoms with van der Waals surface area (Å²) in [6.45, 7) is 3.84. The zero-order valence-electron chi connectivity index (χ0n) is 15.0. The maximum atomic E-state index is 14.9. The predicted octanol–water partition coefficient (Wildman–Crippen LogP) is 7.09. The molecular weight excluding hydrogens is 283 g/mol. The highest BCUT2D eigenvalue weighted by Gasteiger charge is 2.39. The quantitative estimate of drug-likeness (QED) is 0.474. The third-order valence-corrected chi connectivity index (χ3v) is 7.46. The van der Waals surface area contributed by atoms with Gasteiger partial charge in [-0.3, -0.25) is 0 Å². The van der Waals surface area contributed by atoms with Crippen LogP contribution in [-0.4, -0.2) is 6.17 Å². The van der Waals surface area contributed by atoms with E-state index in [9.17, 15) is 4.39 Å². The Kier molecular flexibility index (Phi) is 6.60. The van der Waals surface area contributed by atoms with Gasteiger partial charge in [-0.2, -0.15) is 0 Å². The number of hydrogen-bond acceptors (Lipinski definition) is 0. The number of allylic oxidation sites excluding steroid dienone is 1. The molecule has 3 rings (SSSR count). The lowest BCUT2D eigenvalue weighted by atomic mass is 9.65. The van der Waals surface area contributed by atoms with E-state index in [1.807, 2.05) is 0 Å². The van der Waals surface area contributed by atoms with Gasteiger partial charge in [0.1, 0.15) is 6.17 Å². The van der Waals surface area contributed by atoms with Gasteiger partial charge in [-0.15, -0.1) is 6.58 Å². The zero-order valence-corrected chi connectivity index (χ0v) is 15.0. The summed E-state index contributed by atoms with van der Waals surface area (Å²) < 4.78 is 14.9. The number of halogens is 1. The third kappa shape index (κ3) is 4.60. The molecule has 3 fully saturated rings. The molecule has 0 radical (unpaired) electrons. The second-order valence-electron chi connectivity index (χ2n) is 8.80. The van der Waals surface area contributed by atoms with Crippen molar-refractivity contribution in [3.05, 3.63) is 12.7 Å². The minimum atomic E-state index is -0.495. The molecule has 0 nitrogen and oxygen atoms in total. The van der Waals surface area contributed by atoms with Gasteiger partial charge in [0.25, 0.3) is 0 Å². The SMILES string of the molecule is C=CCCC1CCC(C2CCC(C3CCCCC3)CC2F)CC1. The Balaban J connectivity index is 1.44. The lowest BCUT2D eigenvalue weighted by Crippen LogP contribution is -2.36. The minimum absolute atomic E-state index is 0.398. The largest absolute Gasteiger partial charge is 0.247 e. The van der Waals surface area contributed by atoms with Crippen molar-refractivity contribution in [2.45, 2.75) is 96.1 Å². The third-order valence-electron chi connectivity index (χ3n) is 7.46. The molecule has 0 saturated heterocycles. The molecule has 3 saturated carbocycles. The van der Waals surface area contributed by atoms with Gasteiger partial charge in [-0.1, -0.05) is 51.0 Å². The molecule has 0 spiro atoms. The fraction of sp³-hybridized carbons (Fsp3) is 0.909. The Hall–Kier alpha value is -0.330. The summed E-state index contributed by atoms with van der Waals surface area (Å²) in [5.41, 5.74) is 0. The van der Waals surface area contributed by atoms with Gasteiger partial charge in [0.2, 0.25) is 0 Å². The molecule has 0 heterocycles. The standard InChI is InChI=1S/C22H37F/c1-2-3-7-17-10-12-19(13-11-17)21-15-14-20(16-22(21)23)18-8-5-4-6-9-18/h2,17-22H,1,3-16H2. The fourth-order valence-electron chi connectivity index (χ4n) is 5.99. The van der Waals surface area contributed by atoms with Gasteiger partial charge in [0.05, 0.1) is 0 Å². The molecule has 0 bridgehead atoms. The van der Waals surface area contributed by atoms with E-state index in [1.165, 1.54) is 77.0 Å². The molecule has 3 atom stereocenters. The van der Waals surface area contributed by atoms with E-state index in [-0.39, 0.29) is 0 Å². The second-order valence-corrected chi connectivity index (χ2v) is 8.80. The molecule has 0 aromatic rings. The molecule has 3 unspecified atom stereocenters. The van der Waals surface area contributed by atoms with Crippen LogP contribution in [0.25, 0.3) is 0 Å². The topological polar surface area (TPSA) is 0 Å². The molecule has 0 amide bonds. The predicted molar refractivity (Wildman–Crippen MR) is 97.2 cm³/mol. The van der Waals surface area contributed by atoms with Crippen molar-refractivity contribution in [3.63, 3.8) is 0 Å². The Bertz CT molecular complexity index is 349. The molecule has 0 aromatic carbocycles. The molecular formula is C22H37F. The Morgan fingerprint density at radius 1 is 0.783 bits per heavy atom. The molecule has 0 N–H and O–H groups in total. The molecule has 3 aliphatic rings. The van der Waals surface area contributed by atoms with E-state index in [2.05, 4.69) is 12.7 Å². The van der Waals surface area contributed by atoms with Crippen LogP contribution in [0.1, 0.15) is 89.9 Å². The van der Waals surface area contributed by atoms with Crippen LogP contribution < -0.4 is 0 Å². The van der Waals surface area contributed by atoms with E-state index >= 15 is 0 Å². The van der Waals surface area contributed by atoms with Crippen LogP contribution >= 0.6 is 0 Å². The van der Waals surface area contributed by atoms with E-state index in [4.69, 9.17) is 0 Å². The summed E-state index contributed by atoms with van der Waals surface area (Å²) in [6, 6.07) is 0. The molecule has 132 valence electrons. The summed E-state index contributed by atoms with van der Waals surface area (Å²) in [6.07, 6.45) is 19.7. The lowest BCUT2D eigenvalue weighted by molar-refractivity contribution is 0.0362. The summed E-state index contributed by atoms with van der Waals surface area (Å²) >= 11 is 0. The summed E-state index contributed by atoms with van der Waals surface area (Å²) in [5.74, 6) is 3.55. The van der Waals surface area contributed by atoms with Gasteiger partial charge in [-0.05, 0) is 74.5 Å². The van der Waals surface area contributed by atoms with Crippen LogP contribution in [0.4, 0.5) is 4.39 Å². The monoisotopic (exact) mass is 320 g/mol. The van der Waals surface area contributed by atoms with E-state index < -0.39 is 6.17 Å². The normalized spacial score (nSPS) is 40.0. The van der Waals surface area contributed by atoms with Crippen molar-refractivity contribution in [2.24, 2.45) is 29.6 Å². The van der Waals surface area contributed by atoms with Crippen molar-refractivity contribution >= 4 is 0 Å². The van der Waals surface area contributed by atoms with Crippen molar-refractivity contribution in [3.8, 4) is 0 Å². The summed E-state index contributed by atoms with van der Waals surface area (Å²) in [5, 5.41) is 0. The Labute approximate surface area is 143 Å². The van der Waals surface area contributed by atoms with Gasteiger partial charge >= 0.3 is 0 Å². The lowest BCUT2D eigenvalue weighted by Gasteiger charge is -2.42. The van der Waals surface area contributed by atoms with E-state index in [1.54, 1.807) is 0 Å². The second kappa shape index (κ2) is 8.67. The van der Waals surface area contributed by atoms with Crippen molar-refractivity contribution < 1.29 is 4.39 Å². The van der Waals surface area contributed by atoms with Crippen LogP contribution in [0.2, 0.25) is 0 Å². The first kappa shape index (κ1) is 17.5. The Morgan fingerprint density at radius 3 is 2.13 bits per heavy atom. The highest BCUT2D eigenvalue weighted by Crippen LogP contribution is 2.46. The number of alkyl halides is 1. The van der Waals surface area contributed by atoms with Crippen LogP contribution in [0.5, 0.6) is 0 Å². The summed E-state index contributed by atoms with van der Waals surface area (Å²) in [7, 11) is 0. The molecule has 23 heavy (non-hydrogen) atoms. The van der Waals surface area contributed by atoms with Crippen LogP contribution in [0.15, 0.2) is 12.7 Å². The minimum Gasteiger partial charge on any atom is -0.247 e. The smallest absolute Gasteiger partial charge is 0.103 e. The molecule has 0 aromatic heterocycles. The van der Waals surface area contributed by atoms with Gasteiger partial charge < -0.3 is 0 Å². The average molecular weight is 321 g/mol. The van der Waals surface area contributed by atoms with Crippen LogP contribution in [0.3, 0.4) is 0 Å². The van der Waals surface area contributed by atoms with E-state index in [0.29, 0.717) is 17.8 Å². The van der Waals surface area contributed by atoms with Gasteiger partial charge in [-0.25, -0.2) is 4.39 Å². The fourth-order valence-corrected chi connectivity index (χ4v) is 5.99. The molecule has 1 heteroatoms. The zero-order chi connectivity index (χ0) is 16.1. The molecule has 3 aliphatic carbocycles. The first-order valence-electron chi connectivity index (χ1n) is 10.5. The highest BCUT2D eigenvalue weighted by atomic mass is 19.1.